The summed E-state index contributed by atoms with van der Waals surface area (Å²) in [7, 11) is 1.62. The maximum atomic E-state index is 12.4. The van der Waals surface area contributed by atoms with Crippen LogP contribution in [0.3, 0.4) is 0 Å². The van der Waals surface area contributed by atoms with Crippen LogP contribution in [-0.4, -0.2) is 19.6 Å². The molecule has 0 aliphatic carbocycles. The number of rotatable bonds is 6. The lowest BCUT2D eigenvalue weighted by molar-refractivity contribution is 0.0947. The molecule has 0 unspecified atom stereocenters. The molecule has 0 aromatic heterocycles. The summed E-state index contributed by atoms with van der Waals surface area (Å²) in [5, 5.41) is 2.90. The molecule has 1 N–H and O–H groups in total. The average Bonchev–Trinajstić information content (AvgIpc) is 2.55. The fraction of sp³-hybridized carbons (Fsp3) is 0.235. The molecule has 0 aliphatic rings. The fourth-order valence-electron chi connectivity index (χ4n) is 1.98. The smallest absolute Gasteiger partial charge is 0.255 e. The van der Waals surface area contributed by atoms with Crippen molar-refractivity contribution in [3.05, 3.63) is 58.1 Å². The van der Waals surface area contributed by atoms with Gasteiger partial charge in [-0.1, -0.05) is 28.1 Å². The molecule has 0 radical (unpaired) electrons. The largest absolute Gasteiger partial charge is 0.497 e. The maximum absolute atomic E-state index is 12.4. The summed E-state index contributed by atoms with van der Waals surface area (Å²) in [5.41, 5.74) is 1.52. The predicted octanol–water partition coefficient (Wildman–Crippen LogP) is 3.79. The number of hydrogen-bond donors (Lipinski definition) is 1. The summed E-state index contributed by atoms with van der Waals surface area (Å²) in [6, 6.07) is 13.0. The third kappa shape index (κ3) is 4.24. The first kappa shape index (κ1) is 16.4. The highest BCUT2D eigenvalue weighted by molar-refractivity contribution is 9.10. The van der Waals surface area contributed by atoms with Crippen molar-refractivity contribution in [2.75, 3.05) is 13.7 Å². The zero-order chi connectivity index (χ0) is 15.9. The second kappa shape index (κ2) is 7.84. The Bertz CT molecular complexity index is 641. The number of benzene rings is 2. The molecule has 2 aromatic carbocycles. The van der Waals surface area contributed by atoms with Gasteiger partial charge in [0.1, 0.15) is 11.5 Å². The lowest BCUT2D eigenvalue weighted by Crippen LogP contribution is -2.23. The predicted molar refractivity (Wildman–Crippen MR) is 89.5 cm³/mol. The number of amides is 1. The second-order valence-corrected chi connectivity index (χ2v) is 5.52. The van der Waals surface area contributed by atoms with E-state index in [1.54, 1.807) is 19.2 Å². The second-order valence-electron chi connectivity index (χ2n) is 4.60. The van der Waals surface area contributed by atoms with Crippen LogP contribution in [0.5, 0.6) is 11.5 Å². The van der Waals surface area contributed by atoms with Gasteiger partial charge in [-0.05, 0) is 42.8 Å². The van der Waals surface area contributed by atoms with Crippen molar-refractivity contribution < 1.29 is 14.3 Å². The SMILES string of the molecule is CCOc1ccc(Br)cc1C(=O)NCc1ccc(OC)cc1. The zero-order valence-corrected chi connectivity index (χ0v) is 14.1. The number of hydrogen-bond acceptors (Lipinski definition) is 3. The third-order valence-corrected chi connectivity index (χ3v) is 3.59. The Balaban J connectivity index is 2.06. The normalized spacial score (nSPS) is 10.1. The van der Waals surface area contributed by atoms with Crippen LogP contribution >= 0.6 is 15.9 Å². The highest BCUT2D eigenvalue weighted by Crippen LogP contribution is 2.23. The number of ether oxygens (including phenoxy) is 2. The van der Waals surface area contributed by atoms with Crippen molar-refractivity contribution in [3.8, 4) is 11.5 Å². The van der Waals surface area contributed by atoms with Gasteiger partial charge < -0.3 is 14.8 Å². The molecule has 5 heteroatoms. The van der Waals surface area contributed by atoms with Gasteiger partial charge in [-0.3, -0.25) is 4.79 Å². The Kier molecular flexibility index (Phi) is 5.83. The van der Waals surface area contributed by atoms with Crippen molar-refractivity contribution in [2.45, 2.75) is 13.5 Å². The van der Waals surface area contributed by atoms with E-state index in [0.29, 0.717) is 24.5 Å². The van der Waals surface area contributed by atoms with E-state index in [9.17, 15) is 4.79 Å². The first-order valence-electron chi connectivity index (χ1n) is 6.97. The zero-order valence-electron chi connectivity index (χ0n) is 12.6. The summed E-state index contributed by atoms with van der Waals surface area (Å²) in [6.07, 6.45) is 0. The van der Waals surface area contributed by atoms with Gasteiger partial charge in [0.25, 0.3) is 5.91 Å². The van der Waals surface area contributed by atoms with Gasteiger partial charge in [0.05, 0.1) is 19.3 Å². The summed E-state index contributed by atoms with van der Waals surface area (Å²) in [6.45, 7) is 2.85. The summed E-state index contributed by atoms with van der Waals surface area (Å²) >= 11 is 3.38. The van der Waals surface area contributed by atoms with Gasteiger partial charge in [-0.25, -0.2) is 0 Å². The van der Waals surface area contributed by atoms with E-state index in [1.165, 1.54) is 0 Å². The molecule has 0 saturated carbocycles. The number of nitrogens with one attached hydrogen (secondary N) is 1. The highest BCUT2D eigenvalue weighted by atomic mass is 79.9. The van der Waals surface area contributed by atoms with E-state index < -0.39 is 0 Å². The van der Waals surface area contributed by atoms with Crippen molar-refractivity contribution in [1.29, 1.82) is 0 Å². The Morgan fingerprint density at radius 3 is 2.55 bits per heavy atom. The summed E-state index contributed by atoms with van der Waals surface area (Å²) in [5.74, 6) is 1.21. The first-order chi connectivity index (χ1) is 10.6. The van der Waals surface area contributed by atoms with Gasteiger partial charge in [-0.15, -0.1) is 0 Å². The van der Waals surface area contributed by atoms with Crippen molar-refractivity contribution >= 4 is 21.8 Å². The first-order valence-corrected chi connectivity index (χ1v) is 7.76. The van der Waals surface area contributed by atoms with E-state index in [4.69, 9.17) is 9.47 Å². The molecule has 2 rings (SSSR count). The minimum absolute atomic E-state index is 0.166. The molecule has 116 valence electrons. The van der Waals surface area contributed by atoms with Crippen LogP contribution in [0.25, 0.3) is 0 Å². The lowest BCUT2D eigenvalue weighted by atomic mass is 10.1. The average molecular weight is 364 g/mol. The number of halogens is 1. The molecule has 0 bridgehead atoms. The highest BCUT2D eigenvalue weighted by Gasteiger charge is 2.13. The molecule has 22 heavy (non-hydrogen) atoms. The van der Waals surface area contributed by atoms with Crippen molar-refractivity contribution in [2.24, 2.45) is 0 Å². The van der Waals surface area contributed by atoms with Crippen LogP contribution < -0.4 is 14.8 Å². The molecule has 0 atom stereocenters. The topological polar surface area (TPSA) is 47.6 Å². The van der Waals surface area contributed by atoms with E-state index in [0.717, 1.165) is 15.8 Å². The van der Waals surface area contributed by atoms with Gasteiger partial charge in [0.2, 0.25) is 0 Å². The standard InChI is InChI=1S/C17H18BrNO3/c1-3-22-16-9-6-13(18)10-15(16)17(20)19-11-12-4-7-14(21-2)8-5-12/h4-10H,3,11H2,1-2H3,(H,19,20). The molecule has 1 amide bonds. The van der Waals surface area contributed by atoms with Crippen LogP contribution in [0.4, 0.5) is 0 Å². The Labute approximate surface area is 138 Å². The van der Waals surface area contributed by atoms with E-state index in [2.05, 4.69) is 21.2 Å². The van der Waals surface area contributed by atoms with Gasteiger partial charge in [0, 0.05) is 11.0 Å². The van der Waals surface area contributed by atoms with Gasteiger partial charge in [-0.2, -0.15) is 0 Å². The summed E-state index contributed by atoms with van der Waals surface area (Å²) < 4.78 is 11.4. The molecule has 2 aromatic rings. The molecule has 0 saturated heterocycles. The Hall–Kier alpha value is -2.01. The van der Waals surface area contributed by atoms with Crippen LogP contribution in [0.2, 0.25) is 0 Å². The van der Waals surface area contributed by atoms with Gasteiger partial charge >= 0.3 is 0 Å². The van der Waals surface area contributed by atoms with Crippen molar-refractivity contribution in [3.63, 3.8) is 0 Å². The molecular weight excluding hydrogens is 346 g/mol. The number of carbonyl (C=O) groups excluding carboxylic acids is 1. The minimum atomic E-state index is -0.166. The van der Waals surface area contributed by atoms with Crippen LogP contribution in [-0.2, 0) is 6.54 Å². The summed E-state index contributed by atoms with van der Waals surface area (Å²) in [4.78, 5) is 12.4. The monoisotopic (exact) mass is 363 g/mol. The lowest BCUT2D eigenvalue weighted by Gasteiger charge is -2.11. The quantitative estimate of drug-likeness (QED) is 0.849. The fourth-order valence-corrected chi connectivity index (χ4v) is 2.34. The third-order valence-electron chi connectivity index (χ3n) is 3.10. The minimum Gasteiger partial charge on any atom is -0.497 e. The maximum Gasteiger partial charge on any atom is 0.255 e. The molecule has 0 aliphatic heterocycles. The molecule has 4 nitrogen and oxygen atoms in total. The van der Waals surface area contributed by atoms with Crippen molar-refractivity contribution in [1.82, 2.24) is 5.32 Å². The van der Waals surface area contributed by atoms with E-state index >= 15 is 0 Å². The Morgan fingerprint density at radius 1 is 1.18 bits per heavy atom. The van der Waals surface area contributed by atoms with Crippen LogP contribution in [0, 0.1) is 0 Å². The van der Waals surface area contributed by atoms with E-state index in [1.807, 2.05) is 37.3 Å². The molecule has 0 fully saturated rings. The molecule has 0 spiro atoms. The van der Waals surface area contributed by atoms with Crippen LogP contribution in [0.1, 0.15) is 22.8 Å². The van der Waals surface area contributed by atoms with E-state index in [-0.39, 0.29) is 5.91 Å². The van der Waals surface area contributed by atoms with Crippen LogP contribution in [0.15, 0.2) is 46.9 Å². The Morgan fingerprint density at radius 2 is 1.91 bits per heavy atom. The molecule has 0 heterocycles. The van der Waals surface area contributed by atoms with Gasteiger partial charge in [0.15, 0.2) is 0 Å². The number of carbonyl (C=O) groups is 1. The molecular formula is C17H18BrNO3. The number of methoxy groups -OCH3 is 1.